The number of carbonyl (C=O) groups excluding carboxylic acids is 8. The minimum atomic E-state index is -1.65. The summed E-state index contributed by atoms with van der Waals surface area (Å²) in [4.78, 5) is 144. The van der Waals surface area contributed by atoms with Gasteiger partial charge in [-0.3, -0.25) is 33.6 Å². The Morgan fingerprint density at radius 2 is 1.30 bits per heavy atom. The number of rotatable bonds is 13. The highest BCUT2D eigenvalue weighted by atomic mass is 32.1. The van der Waals surface area contributed by atoms with Gasteiger partial charge in [-0.05, 0) is 78.1 Å². The van der Waals surface area contributed by atoms with E-state index in [0.29, 0.717) is 32.7 Å². The van der Waals surface area contributed by atoms with Crippen LogP contribution in [0.15, 0.2) is 92.6 Å². The summed E-state index contributed by atoms with van der Waals surface area (Å²) >= 11 is 6.56. The van der Waals surface area contributed by atoms with Crippen molar-refractivity contribution in [3.8, 4) is 43.4 Å². The number of Topliss-reactive ketones (excluding diaryl/α,β-unsaturated/α-hetero) is 1. The van der Waals surface area contributed by atoms with Crippen molar-refractivity contribution in [2.45, 2.75) is 90.9 Å². The lowest BCUT2D eigenvalue weighted by atomic mass is 9.99. The summed E-state index contributed by atoms with van der Waals surface area (Å²) < 4.78 is 5.98. The predicted octanol–water partition coefficient (Wildman–Crippen LogP) is 7.31. The van der Waals surface area contributed by atoms with Gasteiger partial charge in [0.15, 0.2) is 0 Å². The number of hydrogen-bond acceptors (Lipinski definition) is 24. The highest BCUT2D eigenvalue weighted by molar-refractivity contribution is 7.15. The number of hydrogen-bond donors (Lipinski definition) is 10. The highest BCUT2D eigenvalue weighted by Gasteiger charge is 2.36. The predicted molar refractivity (Wildman–Crippen MR) is 340 cm³/mol. The Kier molecular flexibility index (Phi) is 19.4. The molecule has 8 bridgehead atoms. The minimum absolute atomic E-state index is 0.00683. The average Bonchev–Trinajstić information content (AvgIpc) is 1.62. The zero-order chi connectivity index (χ0) is 64.1. The van der Waals surface area contributed by atoms with Gasteiger partial charge in [-0.25, -0.2) is 39.7 Å². The molecule has 0 saturated carbocycles. The number of para-hydroxylation sites is 1. The summed E-state index contributed by atoms with van der Waals surface area (Å²) in [5, 5.41) is 53.1. The lowest BCUT2D eigenvalue weighted by Crippen LogP contribution is -2.52. The van der Waals surface area contributed by atoms with Gasteiger partial charge in [0.05, 0.1) is 36.2 Å². The number of H-pyrrole nitrogens is 1. The number of nitrogens with zero attached hydrogens (tertiary/aromatic N) is 7. The van der Waals surface area contributed by atoms with E-state index in [4.69, 9.17) is 19.7 Å². The number of carbonyl (C=O) groups is 8. The number of benzene rings is 1. The molecule has 0 fully saturated rings. The first-order valence-electron chi connectivity index (χ1n) is 27.4. The van der Waals surface area contributed by atoms with Gasteiger partial charge in [0.2, 0.25) is 5.91 Å². The van der Waals surface area contributed by atoms with Gasteiger partial charge in [-0.15, -0.1) is 68.0 Å². The van der Waals surface area contributed by atoms with Crippen LogP contribution in [-0.2, 0) is 25.7 Å². The number of aliphatic hydroxyl groups is 2. The van der Waals surface area contributed by atoms with Crippen LogP contribution in [0.5, 0.6) is 0 Å². The third-order valence-electron chi connectivity index (χ3n) is 13.5. The number of alkyl carbamates (subject to hydrolysis) is 1. The van der Waals surface area contributed by atoms with Crippen LogP contribution in [0, 0.1) is 0 Å². The molecule has 7 amide bonds. The molecule has 10 N–H and O–H groups in total. The number of fused-ring (bicyclic) bond motifs is 12. The van der Waals surface area contributed by atoms with Gasteiger partial charge in [0, 0.05) is 49.1 Å². The maximum absolute atomic E-state index is 14.5. The van der Waals surface area contributed by atoms with E-state index in [1.807, 2.05) is 30.3 Å². The summed E-state index contributed by atoms with van der Waals surface area (Å²) in [6.07, 6.45) is -0.415. The molecule has 464 valence electrons. The molecule has 9 heterocycles. The summed E-state index contributed by atoms with van der Waals surface area (Å²) in [5.41, 5.74) is 1.37. The molecule has 0 radical (unpaired) electrons. The van der Waals surface area contributed by atoms with Crippen LogP contribution >= 0.6 is 68.0 Å². The van der Waals surface area contributed by atoms with Crippen LogP contribution in [0.1, 0.15) is 123 Å². The van der Waals surface area contributed by atoms with E-state index in [9.17, 15) is 48.6 Å². The van der Waals surface area contributed by atoms with Crippen LogP contribution in [0.4, 0.5) is 4.79 Å². The van der Waals surface area contributed by atoms with Crippen LogP contribution in [-0.4, -0.2) is 128 Å². The Labute approximate surface area is 535 Å². The molecule has 5 atom stereocenters. The molecule has 1 aliphatic rings. The van der Waals surface area contributed by atoms with Gasteiger partial charge in [0.25, 0.3) is 29.5 Å². The molecule has 1 aliphatic heterocycles. The number of aromatic amines is 1. The molecule has 0 aliphatic carbocycles. The van der Waals surface area contributed by atoms with Crippen LogP contribution in [0.25, 0.3) is 60.0 Å². The van der Waals surface area contributed by atoms with Crippen molar-refractivity contribution in [1.29, 1.82) is 0 Å². The first kappa shape index (κ1) is 63.9. The van der Waals surface area contributed by atoms with Crippen molar-refractivity contribution in [3.63, 3.8) is 0 Å². The summed E-state index contributed by atoms with van der Waals surface area (Å²) in [6.45, 7) is 10.2. The number of amides is 7. The van der Waals surface area contributed by atoms with Crippen molar-refractivity contribution in [2.75, 3.05) is 6.54 Å². The lowest BCUT2D eigenvalue weighted by molar-refractivity contribution is -0.124. The third kappa shape index (κ3) is 14.6. The molecule has 1 aromatic carbocycles. The SMILES string of the molecule is C/C=C(\NC(=O)c1csc(-c2csc(-c3ccc4c(n3)-c3csc(n3)C(C(C)OC(=O)NCc3cc5ccccc5[nH]3)NC(=O)c3csc(n3)C(C(C)(C)O)NC(=O)c3csc(n3)/C(=C/C)NC(=O)C(C(C)O)NC(=O)c3csc-4n3)n2)n1)C(=O)NCC(C)=O. The topological polar surface area (TPSA) is 376 Å². The van der Waals surface area contributed by atoms with E-state index >= 15 is 0 Å². The van der Waals surface area contributed by atoms with E-state index in [2.05, 4.69) is 62.1 Å². The molecule has 10 rings (SSSR count). The Balaban J connectivity index is 1.02. The van der Waals surface area contributed by atoms with Gasteiger partial charge in [-0.2, -0.15) is 0 Å². The number of aromatic nitrogens is 8. The first-order valence-corrected chi connectivity index (χ1v) is 32.6. The molecule has 32 heteroatoms. The van der Waals surface area contributed by atoms with Gasteiger partial charge in [-0.1, -0.05) is 30.4 Å². The van der Waals surface area contributed by atoms with E-state index in [-0.39, 0.29) is 84.5 Å². The molecule has 90 heavy (non-hydrogen) atoms. The highest BCUT2D eigenvalue weighted by Crippen LogP contribution is 2.39. The summed E-state index contributed by atoms with van der Waals surface area (Å²) in [6, 6.07) is 9.07. The second-order valence-corrected chi connectivity index (χ2v) is 25.9. The zero-order valence-corrected chi connectivity index (χ0v) is 53.5. The van der Waals surface area contributed by atoms with Gasteiger partial charge >= 0.3 is 6.09 Å². The molecule has 8 aromatic heterocycles. The van der Waals surface area contributed by atoms with Crippen molar-refractivity contribution < 1.29 is 53.3 Å². The van der Waals surface area contributed by atoms with Crippen LogP contribution < -0.4 is 37.2 Å². The molecule has 5 unspecified atom stereocenters. The minimum Gasteiger partial charge on any atom is -0.444 e. The van der Waals surface area contributed by atoms with E-state index in [0.717, 1.165) is 67.6 Å². The number of ketones is 1. The maximum Gasteiger partial charge on any atom is 0.407 e. The van der Waals surface area contributed by atoms with E-state index in [1.165, 1.54) is 72.7 Å². The zero-order valence-electron chi connectivity index (χ0n) is 48.6. The standard InChI is InChI=1S/C58H55N15O11S6/c1-8-31(45(76)59-17-25(3)74)63-46(77)36-21-87-54(68-36)40-24-88-53(70-40)34-15-14-30-43(62-34)35-19-89-55(65-35)42(27(5)84-57(82)60-18-29-16-28-12-10-11-13-33(28)61-29)72-48(79)38-23-90-56(69-38)44(58(6,7)83)73-49(80)39-22-86-52(67-39)32(9-2)64-50(81)41(26(4)75)71-47(78)37-20-85-51(30)66-37/h8-16,19-24,26-27,41-42,44,61,75,83H,17-18H2,1-7H3,(H,59,76)(H,60,82)(H,63,77)(H,64,81)(H,71,78)(H,72,79)(H,73,80)/b31-8-,32-9-. The maximum atomic E-state index is 14.5. The fourth-order valence-corrected chi connectivity index (χ4v) is 14.1. The summed E-state index contributed by atoms with van der Waals surface area (Å²) in [5.74, 6) is -4.64. The third-order valence-corrected chi connectivity index (χ3v) is 18.8. The quantitative estimate of drug-likeness (QED) is 0.0506. The van der Waals surface area contributed by atoms with Gasteiger partial charge < -0.3 is 57.2 Å². The fourth-order valence-electron chi connectivity index (χ4n) is 8.84. The molecule has 0 saturated heterocycles. The molecular formula is C58H55N15O11S6. The Hall–Kier alpha value is -9.15. The Bertz CT molecular complexity index is 4280. The Morgan fingerprint density at radius 1 is 0.689 bits per heavy atom. The van der Waals surface area contributed by atoms with Gasteiger partial charge in [0.1, 0.15) is 106 Å². The van der Waals surface area contributed by atoms with Crippen LogP contribution in [0.2, 0.25) is 0 Å². The lowest BCUT2D eigenvalue weighted by Gasteiger charge is -2.28. The number of ether oxygens (including phenoxy) is 1. The number of thiazole rings is 6. The molecule has 26 nitrogen and oxygen atoms in total. The first-order chi connectivity index (χ1) is 43.0. The number of nitrogens with one attached hydrogen (secondary N) is 8. The Morgan fingerprint density at radius 3 is 2.01 bits per heavy atom. The van der Waals surface area contributed by atoms with Crippen molar-refractivity contribution >= 4 is 132 Å². The largest absolute Gasteiger partial charge is 0.444 e. The number of allylic oxidation sites excluding steroid dienone is 2. The second kappa shape index (κ2) is 27.3. The molecular weight excluding hydrogens is 1280 g/mol. The van der Waals surface area contributed by atoms with Crippen LogP contribution in [0.3, 0.4) is 0 Å². The smallest absolute Gasteiger partial charge is 0.407 e. The van der Waals surface area contributed by atoms with Crippen molar-refractivity contribution in [3.05, 3.63) is 136 Å². The second-order valence-electron chi connectivity index (χ2n) is 20.7. The average molecular weight is 1330 g/mol. The molecule has 9 aromatic rings. The van der Waals surface area contributed by atoms with Crippen molar-refractivity contribution in [2.24, 2.45) is 0 Å². The number of aliphatic hydroxyl groups excluding tert-OH is 1. The van der Waals surface area contributed by atoms with Crippen molar-refractivity contribution in [1.82, 2.24) is 77.1 Å². The summed E-state index contributed by atoms with van der Waals surface area (Å²) in [7, 11) is 0. The van der Waals surface area contributed by atoms with E-state index < -0.39 is 77.5 Å². The monoisotopic (exact) mass is 1330 g/mol. The number of pyridine rings is 1. The molecule has 0 spiro atoms. The van der Waals surface area contributed by atoms with E-state index in [1.54, 1.807) is 43.7 Å². The normalized spacial score (nSPS) is 17.1. The fraction of sp³-hybridized carbons (Fsp3) is 0.259.